The van der Waals surface area contributed by atoms with Crippen molar-refractivity contribution in [1.29, 1.82) is 0 Å². The Balaban J connectivity index is 1.68. The van der Waals surface area contributed by atoms with Gasteiger partial charge in [-0.2, -0.15) is 0 Å². The summed E-state index contributed by atoms with van der Waals surface area (Å²) in [5.74, 6) is 0.145. The van der Waals surface area contributed by atoms with Crippen molar-refractivity contribution in [2.24, 2.45) is 0 Å². The van der Waals surface area contributed by atoms with Gasteiger partial charge in [-0.15, -0.1) is 0 Å². The molecule has 4 heteroatoms. The molecule has 1 aliphatic rings. The van der Waals surface area contributed by atoms with E-state index in [-0.39, 0.29) is 11.3 Å². The summed E-state index contributed by atoms with van der Waals surface area (Å²) in [6, 6.07) is 13.7. The van der Waals surface area contributed by atoms with Gasteiger partial charge in [0.2, 0.25) is 0 Å². The first-order valence-electron chi connectivity index (χ1n) is 7.04. The van der Waals surface area contributed by atoms with Crippen molar-refractivity contribution in [2.75, 3.05) is 0 Å². The molecule has 0 spiro atoms. The van der Waals surface area contributed by atoms with Crippen LogP contribution < -0.4 is 5.32 Å². The molecule has 2 N–H and O–H groups in total. The molecule has 1 saturated carbocycles. The lowest BCUT2D eigenvalue weighted by Gasteiger charge is -2.19. The summed E-state index contributed by atoms with van der Waals surface area (Å²) >= 11 is 9.74. The maximum absolute atomic E-state index is 9.65. The monoisotopic (exact) mass is 365 g/mol. The van der Waals surface area contributed by atoms with Crippen molar-refractivity contribution in [3.63, 3.8) is 0 Å². The van der Waals surface area contributed by atoms with E-state index in [9.17, 15) is 5.11 Å². The molecule has 0 aliphatic heterocycles. The van der Waals surface area contributed by atoms with E-state index in [1.807, 2.05) is 18.2 Å². The molecule has 0 unspecified atom stereocenters. The van der Waals surface area contributed by atoms with Crippen LogP contribution in [0.15, 0.2) is 46.9 Å². The van der Waals surface area contributed by atoms with Gasteiger partial charge in [-0.25, -0.2) is 0 Å². The Morgan fingerprint density at radius 3 is 2.52 bits per heavy atom. The smallest absolute Gasteiger partial charge is 0.134 e. The molecular weight excluding hydrogens is 350 g/mol. The third-order valence-corrected chi connectivity index (χ3v) is 5.26. The maximum Gasteiger partial charge on any atom is 0.134 e. The van der Waals surface area contributed by atoms with E-state index in [0.717, 1.165) is 16.5 Å². The maximum atomic E-state index is 9.65. The van der Waals surface area contributed by atoms with E-state index >= 15 is 0 Å². The molecule has 0 bridgehead atoms. The number of hydrogen-bond donors (Lipinski definition) is 2. The number of halogens is 2. The number of phenols is 1. The molecule has 0 amide bonds. The molecule has 2 nitrogen and oxygen atoms in total. The van der Waals surface area contributed by atoms with Gasteiger partial charge in [0.05, 0.1) is 5.02 Å². The molecule has 0 heterocycles. The molecule has 0 aromatic heterocycles. The lowest BCUT2D eigenvalue weighted by molar-refractivity contribution is 0.470. The quantitative estimate of drug-likeness (QED) is 0.806. The van der Waals surface area contributed by atoms with E-state index in [2.05, 4.69) is 39.4 Å². The highest BCUT2D eigenvalue weighted by Crippen LogP contribution is 2.40. The van der Waals surface area contributed by atoms with Gasteiger partial charge in [0.25, 0.3) is 0 Å². The fraction of sp³-hybridized carbons (Fsp3) is 0.294. The van der Waals surface area contributed by atoms with Crippen LogP contribution in [0, 0.1) is 0 Å². The minimum absolute atomic E-state index is 0.145. The Labute approximate surface area is 138 Å². The minimum atomic E-state index is 0.145. The zero-order valence-electron chi connectivity index (χ0n) is 11.6. The van der Waals surface area contributed by atoms with Crippen molar-refractivity contribution < 1.29 is 5.11 Å². The van der Waals surface area contributed by atoms with E-state index < -0.39 is 0 Å². The van der Waals surface area contributed by atoms with Crippen molar-refractivity contribution >= 4 is 27.5 Å². The summed E-state index contributed by atoms with van der Waals surface area (Å²) in [4.78, 5) is 0. The van der Waals surface area contributed by atoms with Crippen LogP contribution in [0.3, 0.4) is 0 Å². The Kier molecular flexibility index (Phi) is 4.25. The molecule has 3 rings (SSSR count). The number of hydrogen-bond acceptors (Lipinski definition) is 2. The molecule has 1 aliphatic carbocycles. The molecule has 2 aromatic rings. The minimum Gasteiger partial charge on any atom is -0.506 e. The average Bonchev–Trinajstić information content (AvgIpc) is 3.23. The second-order valence-corrected chi connectivity index (χ2v) is 6.88. The third-order valence-electron chi connectivity index (χ3n) is 4.05. The fourth-order valence-electron chi connectivity index (χ4n) is 2.56. The van der Waals surface area contributed by atoms with Crippen LogP contribution >= 0.6 is 27.5 Å². The Bertz CT molecular complexity index is 655. The van der Waals surface area contributed by atoms with Gasteiger partial charge in [0.15, 0.2) is 0 Å². The zero-order chi connectivity index (χ0) is 14.9. The van der Waals surface area contributed by atoms with Crippen LogP contribution in [0.5, 0.6) is 5.75 Å². The summed E-state index contributed by atoms with van der Waals surface area (Å²) in [5, 5.41) is 13.7. The summed E-state index contributed by atoms with van der Waals surface area (Å²) in [7, 11) is 0. The zero-order valence-corrected chi connectivity index (χ0v) is 13.9. The highest BCUT2D eigenvalue weighted by molar-refractivity contribution is 9.10. The molecule has 1 fully saturated rings. The van der Waals surface area contributed by atoms with Gasteiger partial charge in [-0.1, -0.05) is 57.9 Å². The summed E-state index contributed by atoms with van der Waals surface area (Å²) in [5.41, 5.74) is 2.43. The summed E-state index contributed by atoms with van der Waals surface area (Å²) in [6.45, 7) is 0.678. The van der Waals surface area contributed by atoms with Gasteiger partial charge in [0.1, 0.15) is 5.75 Å². The Morgan fingerprint density at radius 2 is 1.81 bits per heavy atom. The predicted molar refractivity (Wildman–Crippen MR) is 89.8 cm³/mol. The lowest BCUT2D eigenvalue weighted by atomic mass is 10.0. The lowest BCUT2D eigenvalue weighted by Crippen LogP contribution is -2.33. The van der Waals surface area contributed by atoms with Gasteiger partial charge in [-0.05, 0) is 42.5 Å². The van der Waals surface area contributed by atoms with Crippen LogP contribution in [-0.4, -0.2) is 10.6 Å². The standard InChI is InChI=1S/C17H17BrClNO/c18-14-6-2-1-4-12(14)10-17(8-9-17)20-11-13-5-3-7-15(21)16(13)19/h1-7,20-21H,8-11H2. The highest BCUT2D eigenvalue weighted by atomic mass is 79.9. The number of aromatic hydroxyl groups is 1. The van der Waals surface area contributed by atoms with E-state index in [1.165, 1.54) is 18.4 Å². The number of rotatable bonds is 5. The molecule has 0 saturated heterocycles. The summed E-state index contributed by atoms with van der Waals surface area (Å²) < 4.78 is 1.16. The van der Waals surface area contributed by atoms with E-state index in [0.29, 0.717) is 11.6 Å². The molecule has 2 aromatic carbocycles. The number of phenolic OH excluding ortho intramolecular Hbond substituents is 1. The van der Waals surface area contributed by atoms with Gasteiger partial charge >= 0.3 is 0 Å². The first kappa shape index (κ1) is 14.9. The third kappa shape index (κ3) is 3.42. The largest absolute Gasteiger partial charge is 0.506 e. The second kappa shape index (κ2) is 5.99. The first-order valence-corrected chi connectivity index (χ1v) is 8.22. The predicted octanol–water partition coefficient (Wildman–Crippen LogP) is 4.67. The first-order chi connectivity index (χ1) is 10.1. The van der Waals surface area contributed by atoms with Crippen LogP contribution in [0.2, 0.25) is 5.02 Å². The van der Waals surface area contributed by atoms with Crippen molar-refractivity contribution in [1.82, 2.24) is 5.32 Å². The molecule has 0 radical (unpaired) electrons. The van der Waals surface area contributed by atoms with Crippen LogP contribution in [0.25, 0.3) is 0 Å². The average molecular weight is 367 g/mol. The van der Waals surface area contributed by atoms with Gasteiger partial charge in [0, 0.05) is 16.6 Å². The van der Waals surface area contributed by atoms with Crippen molar-refractivity contribution in [2.45, 2.75) is 31.3 Å². The van der Waals surface area contributed by atoms with E-state index in [1.54, 1.807) is 6.07 Å². The van der Waals surface area contributed by atoms with Crippen molar-refractivity contribution in [3.05, 3.63) is 63.1 Å². The summed E-state index contributed by atoms with van der Waals surface area (Å²) in [6.07, 6.45) is 3.35. The SMILES string of the molecule is Oc1cccc(CNC2(Cc3ccccc3Br)CC2)c1Cl. The Hall–Kier alpha value is -1.03. The van der Waals surface area contributed by atoms with E-state index in [4.69, 9.17) is 11.6 Å². The van der Waals surface area contributed by atoms with Gasteiger partial charge < -0.3 is 10.4 Å². The Morgan fingerprint density at radius 1 is 1.10 bits per heavy atom. The topological polar surface area (TPSA) is 32.3 Å². The molecular formula is C17H17BrClNO. The molecule has 21 heavy (non-hydrogen) atoms. The number of nitrogens with one attached hydrogen (secondary N) is 1. The molecule has 0 atom stereocenters. The van der Waals surface area contributed by atoms with Crippen molar-refractivity contribution in [3.8, 4) is 5.75 Å². The van der Waals surface area contributed by atoms with Gasteiger partial charge in [-0.3, -0.25) is 0 Å². The fourth-order valence-corrected chi connectivity index (χ4v) is 3.18. The van der Waals surface area contributed by atoms with Crippen LogP contribution in [-0.2, 0) is 13.0 Å². The highest BCUT2D eigenvalue weighted by Gasteiger charge is 2.42. The van der Waals surface area contributed by atoms with Crippen LogP contribution in [0.1, 0.15) is 24.0 Å². The normalized spacial score (nSPS) is 15.9. The number of benzene rings is 2. The second-order valence-electron chi connectivity index (χ2n) is 5.65. The molecule has 110 valence electrons. The van der Waals surface area contributed by atoms with Crippen LogP contribution in [0.4, 0.5) is 0 Å².